The van der Waals surface area contributed by atoms with Gasteiger partial charge >= 0.3 is 0 Å². The van der Waals surface area contributed by atoms with E-state index in [1.54, 1.807) is 0 Å². The molecule has 3 fully saturated rings. The van der Waals surface area contributed by atoms with E-state index in [0.717, 1.165) is 50.5 Å². The summed E-state index contributed by atoms with van der Waals surface area (Å²) in [6.45, 7) is 5.52. The van der Waals surface area contributed by atoms with Crippen molar-refractivity contribution >= 4 is 5.78 Å². The van der Waals surface area contributed by atoms with Crippen LogP contribution < -0.4 is 0 Å². The predicted molar refractivity (Wildman–Crippen MR) is 75.9 cm³/mol. The summed E-state index contributed by atoms with van der Waals surface area (Å²) in [5.41, 5.74) is 0.188. The van der Waals surface area contributed by atoms with E-state index >= 15 is 0 Å². The summed E-state index contributed by atoms with van der Waals surface area (Å²) in [5.74, 6) is 3.01. The van der Waals surface area contributed by atoms with Gasteiger partial charge < -0.3 is 4.74 Å². The van der Waals surface area contributed by atoms with Crippen molar-refractivity contribution in [3.05, 3.63) is 0 Å². The van der Waals surface area contributed by atoms with Crippen molar-refractivity contribution in [2.24, 2.45) is 23.7 Å². The van der Waals surface area contributed by atoms with Crippen LogP contribution >= 0.6 is 0 Å². The van der Waals surface area contributed by atoms with Crippen LogP contribution in [0.4, 0.5) is 0 Å². The lowest BCUT2D eigenvalue weighted by Crippen LogP contribution is -2.48. The Kier molecular flexibility index (Phi) is 3.72. The fraction of sp³-hybridized carbons (Fsp3) is 0.941. The number of ether oxygens (including phenoxy) is 1. The highest BCUT2D eigenvalue weighted by Crippen LogP contribution is 2.48. The van der Waals surface area contributed by atoms with Crippen LogP contribution in [-0.2, 0) is 9.53 Å². The maximum Gasteiger partial charge on any atom is 0.136 e. The first-order valence-corrected chi connectivity index (χ1v) is 8.26. The summed E-state index contributed by atoms with van der Waals surface area (Å²) in [7, 11) is 0. The van der Waals surface area contributed by atoms with Gasteiger partial charge in [0.2, 0.25) is 0 Å². The van der Waals surface area contributed by atoms with Gasteiger partial charge in [-0.15, -0.1) is 0 Å². The lowest BCUT2D eigenvalue weighted by atomic mass is 9.64. The Hall–Kier alpha value is -0.370. The standard InChI is InChI=1S/C17H28O2/c1-12(2)13-4-5-16(18)15(10-13)14-6-9-19-17(11-14)7-3-8-17/h12-15H,3-11H2,1-2H3. The molecule has 19 heavy (non-hydrogen) atoms. The van der Waals surface area contributed by atoms with Crippen molar-refractivity contribution < 1.29 is 9.53 Å². The first kappa shape index (κ1) is 13.6. The van der Waals surface area contributed by atoms with Crippen LogP contribution in [0.15, 0.2) is 0 Å². The highest BCUT2D eigenvalue weighted by atomic mass is 16.5. The minimum atomic E-state index is 0.188. The second-order valence-electron chi connectivity index (χ2n) is 7.49. The Labute approximate surface area is 117 Å². The molecule has 2 aliphatic carbocycles. The number of carbonyl (C=O) groups excluding carboxylic acids is 1. The van der Waals surface area contributed by atoms with E-state index in [2.05, 4.69) is 13.8 Å². The molecule has 1 saturated heterocycles. The molecule has 2 nitrogen and oxygen atoms in total. The molecule has 1 spiro atoms. The largest absolute Gasteiger partial charge is 0.375 e. The second kappa shape index (κ2) is 5.20. The van der Waals surface area contributed by atoms with Crippen molar-refractivity contribution in [1.29, 1.82) is 0 Å². The fourth-order valence-corrected chi connectivity index (χ4v) is 4.48. The molecule has 0 N–H and O–H groups in total. The molecule has 3 unspecified atom stereocenters. The summed E-state index contributed by atoms with van der Waals surface area (Å²) >= 11 is 0. The second-order valence-corrected chi connectivity index (χ2v) is 7.49. The average molecular weight is 264 g/mol. The number of rotatable bonds is 2. The van der Waals surface area contributed by atoms with Crippen LogP contribution in [0.25, 0.3) is 0 Å². The van der Waals surface area contributed by atoms with Crippen molar-refractivity contribution in [2.45, 2.75) is 70.8 Å². The molecule has 2 saturated carbocycles. The highest BCUT2D eigenvalue weighted by Gasteiger charge is 2.46. The molecule has 108 valence electrons. The number of ketones is 1. The zero-order chi connectivity index (χ0) is 13.5. The van der Waals surface area contributed by atoms with Crippen LogP contribution in [0.3, 0.4) is 0 Å². The lowest BCUT2D eigenvalue weighted by Gasteiger charge is -2.49. The summed E-state index contributed by atoms with van der Waals surface area (Å²) in [6.07, 6.45) is 9.17. The maximum absolute atomic E-state index is 12.3. The molecule has 1 aliphatic heterocycles. The molecule has 0 bridgehead atoms. The number of hydrogen-bond acceptors (Lipinski definition) is 2. The van der Waals surface area contributed by atoms with Crippen LogP contribution in [-0.4, -0.2) is 18.0 Å². The Morgan fingerprint density at radius 3 is 2.68 bits per heavy atom. The molecule has 0 aromatic rings. The number of Topliss-reactive ketones (excluding diaryl/α,β-unsaturated/α-hetero) is 1. The number of hydrogen-bond donors (Lipinski definition) is 0. The van der Waals surface area contributed by atoms with Crippen LogP contribution in [0.1, 0.15) is 65.2 Å². The Morgan fingerprint density at radius 2 is 2.05 bits per heavy atom. The summed E-state index contributed by atoms with van der Waals surface area (Å²) in [6, 6.07) is 0. The first-order chi connectivity index (χ1) is 9.10. The highest BCUT2D eigenvalue weighted by molar-refractivity contribution is 5.82. The molecular formula is C17H28O2. The summed E-state index contributed by atoms with van der Waals surface area (Å²) in [4.78, 5) is 12.3. The van der Waals surface area contributed by atoms with E-state index in [-0.39, 0.29) is 5.60 Å². The molecule has 0 amide bonds. The van der Waals surface area contributed by atoms with Gasteiger partial charge in [-0.1, -0.05) is 13.8 Å². The van der Waals surface area contributed by atoms with Crippen LogP contribution in [0.2, 0.25) is 0 Å². The molecule has 3 rings (SSSR count). The Bertz CT molecular complexity index is 343. The van der Waals surface area contributed by atoms with Gasteiger partial charge in [-0.25, -0.2) is 0 Å². The number of carbonyl (C=O) groups is 1. The van der Waals surface area contributed by atoms with Gasteiger partial charge in [0.25, 0.3) is 0 Å². The van der Waals surface area contributed by atoms with Crippen LogP contribution in [0, 0.1) is 23.7 Å². The molecule has 0 aromatic heterocycles. The summed E-state index contributed by atoms with van der Waals surface area (Å²) in [5, 5.41) is 0. The molecule has 2 heteroatoms. The minimum Gasteiger partial charge on any atom is -0.375 e. The topological polar surface area (TPSA) is 26.3 Å². The van der Waals surface area contributed by atoms with E-state index in [9.17, 15) is 4.79 Å². The Morgan fingerprint density at radius 1 is 1.26 bits per heavy atom. The SMILES string of the molecule is CC(C)C1CCC(=O)C(C2CCOC3(CCC3)C2)C1. The summed E-state index contributed by atoms with van der Waals surface area (Å²) < 4.78 is 6.02. The van der Waals surface area contributed by atoms with Gasteiger partial charge in [-0.2, -0.15) is 0 Å². The molecule has 0 radical (unpaired) electrons. The van der Waals surface area contributed by atoms with Crippen molar-refractivity contribution in [1.82, 2.24) is 0 Å². The molecule has 3 atom stereocenters. The third kappa shape index (κ3) is 2.61. The van der Waals surface area contributed by atoms with E-state index in [0.29, 0.717) is 17.6 Å². The Balaban J connectivity index is 1.67. The molecule has 0 aromatic carbocycles. The van der Waals surface area contributed by atoms with Gasteiger partial charge in [0.15, 0.2) is 0 Å². The third-order valence-corrected chi connectivity index (χ3v) is 6.04. The van der Waals surface area contributed by atoms with Crippen molar-refractivity contribution in [3.8, 4) is 0 Å². The fourth-order valence-electron chi connectivity index (χ4n) is 4.48. The van der Waals surface area contributed by atoms with Crippen molar-refractivity contribution in [3.63, 3.8) is 0 Å². The quantitative estimate of drug-likeness (QED) is 0.754. The van der Waals surface area contributed by atoms with E-state index in [1.165, 1.54) is 19.3 Å². The molecule has 3 aliphatic rings. The van der Waals surface area contributed by atoms with Crippen molar-refractivity contribution in [2.75, 3.05) is 6.61 Å². The van der Waals surface area contributed by atoms with Gasteiger partial charge in [-0.3, -0.25) is 4.79 Å². The van der Waals surface area contributed by atoms with Gasteiger partial charge in [0, 0.05) is 18.9 Å². The van der Waals surface area contributed by atoms with E-state index in [1.807, 2.05) is 0 Å². The van der Waals surface area contributed by atoms with Gasteiger partial charge in [0.05, 0.1) is 5.60 Å². The van der Waals surface area contributed by atoms with Crippen LogP contribution in [0.5, 0.6) is 0 Å². The zero-order valence-electron chi connectivity index (χ0n) is 12.5. The van der Waals surface area contributed by atoms with Gasteiger partial charge in [-0.05, 0) is 62.7 Å². The maximum atomic E-state index is 12.3. The molecule has 1 heterocycles. The monoisotopic (exact) mass is 264 g/mol. The third-order valence-electron chi connectivity index (χ3n) is 6.04. The normalized spacial score (nSPS) is 38.5. The predicted octanol–water partition coefficient (Wildman–Crippen LogP) is 3.98. The minimum absolute atomic E-state index is 0.188. The zero-order valence-corrected chi connectivity index (χ0v) is 12.5. The average Bonchev–Trinajstić information content (AvgIpc) is 2.37. The smallest absolute Gasteiger partial charge is 0.136 e. The van der Waals surface area contributed by atoms with E-state index < -0.39 is 0 Å². The molecular weight excluding hydrogens is 236 g/mol. The van der Waals surface area contributed by atoms with E-state index in [4.69, 9.17) is 4.74 Å². The lowest BCUT2D eigenvalue weighted by molar-refractivity contribution is -0.157. The first-order valence-electron chi connectivity index (χ1n) is 8.26. The van der Waals surface area contributed by atoms with Gasteiger partial charge in [0.1, 0.15) is 5.78 Å².